The third-order valence-electron chi connectivity index (χ3n) is 6.73. The molecule has 5 nitrogen and oxygen atoms in total. The average molecular weight is 526 g/mol. The summed E-state index contributed by atoms with van der Waals surface area (Å²) >= 11 is 7.43. The highest BCUT2D eigenvalue weighted by molar-refractivity contribution is 9.12. The fourth-order valence-corrected chi connectivity index (χ4v) is 7.26. The number of anilines is 1. The molecule has 7 atom stereocenters. The maximum Gasteiger partial charge on any atom is 0.247 e. The summed E-state index contributed by atoms with van der Waals surface area (Å²) < 4.78 is 0. The third kappa shape index (κ3) is 3.38. The van der Waals surface area contributed by atoms with Gasteiger partial charge in [-0.1, -0.05) is 63.9 Å². The zero-order valence-electron chi connectivity index (χ0n) is 16.8. The minimum Gasteiger partial charge on any atom is -0.324 e. The predicted octanol–water partition coefficient (Wildman–Crippen LogP) is 4.13. The molecule has 3 amide bonds. The Bertz CT molecular complexity index is 826. The monoisotopic (exact) mass is 524 g/mol. The van der Waals surface area contributed by atoms with Gasteiger partial charge in [0.1, 0.15) is 6.04 Å². The number of aryl methyl sites for hydroxylation is 1. The van der Waals surface area contributed by atoms with Crippen LogP contribution in [0.15, 0.2) is 24.3 Å². The van der Waals surface area contributed by atoms with Crippen LogP contribution in [0.5, 0.6) is 0 Å². The Balaban J connectivity index is 1.62. The molecule has 4 rings (SSSR count). The molecule has 7 heteroatoms. The number of rotatable bonds is 5. The third-order valence-corrected chi connectivity index (χ3v) is 9.94. The fourth-order valence-electron chi connectivity index (χ4n) is 5.38. The van der Waals surface area contributed by atoms with Gasteiger partial charge in [0.25, 0.3) is 0 Å². The Morgan fingerprint density at radius 1 is 1.10 bits per heavy atom. The minimum absolute atomic E-state index is 0.148. The van der Waals surface area contributed by atoms with Crippen molar-refractivity contribution < 1.29 is 14.4 Å². The topological polar surface area (TPSA) is 66.5 Å². The SMILES string of the molecule is Cc1ccccc1NC(=O)[C@H](CC(C)C)N1C(=O)[C@@H]2[C@H]3C[C@@H]([C@H](Br)[C@@H]3Br)[C@@H]2C1=O. The number of amides is 3. The van der Waals surface area contributed by atoms with Crippen LogP contribution in [-0.4, -0.2) is 38.3 Å². The van der Waals surface area contributed by atoms with Gasteiger partial charge in [0.2, 0.25) is 17.7 Å². The molecule has 1 N–H and O–H groups in total. The van der Waals surface area contributed by atoms with Crippen LogP contribution >= 0.6 is 31.9 Å². The molecule has 3 aliphatic rings. The van der Waals surface area contributed by atoms with E-state index >= 15 is 0 Å². The van der Waals surface area contributed by atoms with E-state index < -0.39 is 6.04 Å². The summed E-state index contributed by atoms with van der Waals surface area (Å²) in [5.41, 5.74) is 1.66. The number of alkyl halides is 2. The van der Waals surface area contributed by atoms with Gasteiger partial charge in [-0.3, -0.25) is 19.3 Å². The van der Waals surface area contributed by atoms with E-state index in [1.807, 2.05) is 45.0 Å². The first-order chi connectivity index (χ1) is 13.7. The molecule has 2 saturated carbocycles. The molecule has 29 heavy (non-hydrogen) atoms. The van der Waals surface area contributed by atoms with Crippen molar-refractivity contribution in [3.8, 4) is 0 Å². The van der Waals surface area contributed by atoms with Gasteiger partial charge in [-0.2, -0.15) is 0 Å². The van der Waals surface area contributed by atoms with Crippen molar-refractivity contribution in [3.63, 3.8) is 0 Å². The van der Waals surface area contributed by atoms with Crippen LogP contribution in [0.2, 0.25) is 0 Å². The molecule has 2 bridgehead atoms. The number of likely N-dealkylation sites (tertiary alicyclic amines) is 1. The van der Waals surface area contributed by atoms with E-state index in [-0.39, 0.29) is 57.0 Å². The van der Waals surface area contributed by atoms with Crippen molar-refractivity contribution in [2.75, 3.05) is 5.32 Å². The van der Waals surface area contributed by atoms with Crippen molar-refractivity contribution >= 4 is 55.3 Å². The summed E-state index contributed by atoms with van der Waals surface area (Å²) in [6.45, 7) is 5.94. The molecule has 156 valence electrons. The van der Waals surface area contributed by atoms with E-state index in [0.29, 0.717) is 12.1 Å². The molecule has 3 fully saturated rings. The van der Waals surface area contributed by atoms with Crippen LogP contribution < -0.4 is 5.32 Å². The van der Waals surface area contributed by atoms with Gasteiger partial charge in [-0.15, -0.1) is 0 Å². The summed E-state index contributed by atoms with van der Waals surface area (Å²) in [7, 11) is 0. The van der Waals surface area contributed by atoms with Crippen LogP contribution in [0.25, 0.3) is 0 Å². The minimum atomic E-state index is -0.776. The molecule has 0 aromatic heterocycles. The highest BCUT2D eigenvalue weighted by Crippen LogP contribution is 2.60. The molecule has 0 spiro atoms. The van der Waals surface area contributed by atoms with Crippen LogP contribution in [-0.2, 0) is 14.4 Å². The Labute approximate surface area is 188 Å². The van der Waals surface area contributed by atoms with Crippen LogP contribution in [0, 0.1) is 36.5 Å². The largest absolute Gasteiger partial charge is 0.324 e. The molecular weight excluding hydrogens is 500 g/mol. The van der Waals surface area contributed by atoms with E-state index in [9.17, 15) is 14.4 Å². The maximum atomic E-state index is 13.4. The second-order valence-electron chi connectivity index (χ2n) is 9.00. The van der Waals surface area contributed by atoms with E-state index in [1.165, 1.54) is 4.90 Å². The summed E-state index contributed by atoms with van der Waals surface area (Å²) in [6.07, 6.45) is 1.34. The first kappa shape index (κ1) is 21.0. The Morgan fingerprint density at radius 2 is 1.66 bits per heavy atom. The van der Waals surface area contributed by atoms with Gasteiger partial charge in [0.05, 0.1) is 11.8 Å². The lowest BCUT2D eigenvalue weighted by atomic mass is 9.81. The van der Waals surface area contributed by atoms with Crippen LogP contribution in [0.4, 0.5) is 5.69 Å². The predicted molar refractivity (Wildman–Crippen MR) is 119 cm³/mol. The molecule has 1 saturated heterocycles. The van der Waals surface area contributed by atoms with Crippen LogP contribution in [0.3, 0.4) is 0 Å². The number of para-hydroxylation sites is 1. The second kappa shape index (κ2) is 7.80. The molecule has 2 aliphatic carbocycles. The Kier molecular flexibility index (Phi) is 5.66. The summed E-state index contributed by atoms with van der Waals surface area (Å²) in [4.78, 5) is 41.7. The Morgan fingerprint density at radius 3 is 2.17 bits per heavy atom. The quantitative estimate of drug-likeness (QED) is 0.464. The van der Waals surface area contributed by atoms with E-state index in [1.54, 1.807) is 0 Å². The molecule has 0 radical (unpaired) electrons. The van der Waals surface area contributed by atoms with Gasteiger partial charge in [-0.25, -0.2) is 0 Å². The summed E-state index contributed by atoms with van der Waals surface area (Å²) in [5.74, 6) is -0.743. The number of carbonyl (C=O) groups excluding carboxylic acids is 3. The van der Waals surface area contributed by atoms with Crippen molar-refractivity contribution in [2.45, 2.75) is 49.3 Å². The lowest BCUT2D eigenvalue weighted by molar-refractivity contribution is -0.147. The normalized spacial score (nSPS) is 34.1. The fraction of sp³-hybridized carbons (Fsp3) is 0.591. The standard InChI is InChI=1S/C22H26Br2N2O3/c1-10(2)8-15(20(27)25-14-7-5-4-6-11(14)3)26-21(28)16-12-9-13(17(16)22(26)29)19(24)18(12)23/h4-7,10,12-13,15-19H,8-9H2,1-3H3,(H,25,27)/t12-,13-,15+,16-,17+,18-,19+/m1/s1. The zero-order valence-corrected chi connectivity index (χ0v) is 19.9. The molecular formula is C22H26Br2N2O3. The highest BCUT2D eigenvalue weighted by Gasteiger charge is 2.67. The number of fused-ring (bicyclic) bond motifs is 5. The van der Waals surface area contributed by atoms with Gasteiger partial charge >= 0.3 is 0 Å². The highest BCUT2D eigenvalue weighted by atomic mass is 79.9. The number of imide groups is 1. The maximum absolute atomic E-state index is 13.4. The molecule has 1 heterocycles. The Hall–Kier alpha value is -1.21. The number of hydrogen-bond acceptors (Lipinski definition) is 3. The number of carbonyl (C=O) groups is 3. The zero-order chi connectivity index (χ0) is 21.0. The average Bonchev–Trinajstić information content (AvgIpc) is 3.27. The number of halogens is 2. The van der Waals surface area contributed by atoms with Crippen LogP contribution in [0.1, 0.15) is 32.3 Å². The van der Waals surface area contributed by atoms with E-state index in [0.717, 1.165) is 12.0 Å². The van der Waals surface area contributed by atoms with Crippen molar-refractivity contribution in [1.29, 1.82) is 0 Å². The van der Waals surface area contributed by atoms with Gasteiger partial charge < -0.3 is 5.32 Å². The molecule has 1 aromatic rings. The van der Waals surface area contributed by atoms with E-state index in [4.69, 9.17) is 0 Å². The number of nitrogens with zero attached hydrogens (tertiary/aromatic N) is 1. The lowest BCUT2D eigenvalue weighted by Gasteiger charge is -2.28. The lowest BCUT2D eigenvalue weighted by Crippen LogP contribution is -2.49. The van der Waals surface area contributed by atoms with Crippen molar-refractivity contribution in [3.05, 3.63) is 29.8 Å². The van der Waals surface area contributed by atoms with E-state index in [2.05, 4.69) is 37.2 Å². The molecule has 1 aliphatic heterocycles. The van der Waals surface area contributed by atoms with Gasteiger partial charge in [0, 0.05) is 15.3 Å². The molecule has 0 unspecified atom stereocenters. The number of hydrogen-bond donors (Lipinski definition) is 1. The van der Waals surface area contributed by atoms with Gasteiger partial charge in [0.15, 0.2) is 0 Å². The summed E-state index contributed by atoms with van der Waals surface area (Å²) in [6, 6.07) is 6.76. The molecule has 1 aromatic carbocycles. The smallest absolute Gasteiger partial charge is 0.247 e. The second-order valence-corrected chi connectivity index (χ2v) is 11.1. The van der Waals surface area contributed by atoms with Crippen molar-refractivity contribution in [2.24, 2.45) is 29.6 Å². The number of benzene rings is 1. The first-order valence-electron chi connectivity index (χ1n) is 10.2. The van der Waals surface area contributed by atoms with Crippen molar-refractivity contribution in [1.82, 2.24) is 4.90 Å². The summed E-state index contributed by atoms with van der Waals surface area (Å²) in [5, 5.41) is 2.95. The first-order valence-corrected chi connectivity index (χ1v) is 12.1. The van der Waals surface area contributed by atoms with Gasteiger partial charge in [-0.05, 0) is 49.1 Å². The number of nitrogens with one attached hydrogen (secondary N) is 1.